The molecule has 2 heterocycles. The van der Waals surface area contributed by atoms with Gasteiger partial charge in [0.05, 0.1) is 11.4 Å². The van der Waals surface area contributed by atoms with Gasteiger partial charge in [-0.05, 0) is 25.3 Å². The zero-order valence-corrected chi connectivity index (χ0v) is 17.6. The van der Waals surface area contributed by atoms with Gasteiger partial charge in [-0.2, -0.15) is 11.8 Å². The molecular weight excluding hydrogens is 350 g/mol. The van der Waals surface area contributed by atoms with Gasteiger partial charge >= 0.3 is 0 Å². The fraction of sp³-hybridized carbons (Fsp3) is 0.632. The van der Waals surface area contributed by atoms with Gasteiger partial charge in [-0.3, -0.25) is 0 Å². The maximum Gasteiger partial charge on any atom is 0.195 e. The van der Waals surface area contributed by atoms with E-state index in [2.05, 4.69) is 35.6 Å². The van der Waals surface area contributed by atoms with E-state index < -0.39 is 0 Å². The Bertz CT molecular complexity index is 622. The topological polar surface area (TPSA) is 41.3 Å². The molecule has 0 saturated heterocycles. The molecule has 0 atom stereocenters. The number of hydrogen-bond donors (Lipinski definition) is 1. The number of furan rings is 1. The molecule has 2 aromatic rings. The smallest absolute Gasteiger partial charge is 0.195 e. The number of rotatable bonds is 12. The van der Waals surface area contributed by atoms with Gasteiger partial charge in [0, 0.05) is 37.8 Å². The third kappa shape index (κ3) is 6.94. The number of aryl methyl sites for hydroxylation is 2. The molecule has 2 aromatic heterocycles. The molecule has 0 aliphatic carbocycles. The van der Waals surface area contributed by atoms with Gasteiger partial charge in [0.2, 0.25) is 0 Å². The molecule has 1 N–H and O–H groups in total. The van der Waals surface area contributed by atoms with E-state index in [1.807, 2.05) is 30.8 Å². The number of anilines is 2. The number of thioether (sulfide) groups is 1. The van der Waals surface area contributed by atoms with Crippen molar-refractivity contribution in [3.8, 4) is 0 Å². The highest BCUT2D eigenvalue weighted by Gasteiger charge is 2.09. The van der Waals surface area contributed by atoms with Gasteiger partial charge in [0.25, 0.3) is 0 Å². The fourth-order valence-electron chi connectivity index (χ4n) is 2.50. The molecule has 0 radical (unpaired) electrons. The molecule has 6 heteroatoms. The van der Waals surface area contributed by atoms with Crippen molar-refractivity contribution in [1.29, 1.82) is 0 Å². The van der Waals surface area contributed by atoms with Crippen LogP contribution >= 0.6 is 23.1 Å². The van der Waals surface area contributed by atoms with Crippen molar-refractivity contribution < 1.29 is 4.42 Å². The van der Waals surface area contributed by atoms with Crippen molar-refractivity contribution in [3.05, 3.63) is 28.5 Å². The van der Waals surface area contributed by atoms with Crippen molar-refractivity contribution >= 4 is 34.1 Å². The highest BCUT2D eigenvalue weighted by atomic mass is 32.2. The Morgan fingerprint density at radius 1 is 1.28 bits per heavy atom. The van der Waals surface area contributed by atoms with Crippen LogP contribution in [0, 0.1) is 6.92 Å². The number of thiazole rings is 1. The molecule has 0 amide bonds. The minimum atomic E-state index is 0.919. The van der Waals surface area contributed by atoms with Crippen molar-refractivity contribution in [2.24, 2.45) is 0 Å². The summed E-state index contributed by atoms with van der Waals surface area (Å²) in [7, 11) is 4.01. The summed E-state index contributed by atoms with van der Waals surface area (Å²) in [6.45, 7) is 5.30. The van der Waals surface area contributed by atoms with Crippen LogP contribution < -0.4 is 10.2 Å². The molecule has 0 aliphatic heterocycles. The molecule has 0 aliphatic rings. The van der Waals surface area contributed by atoms with E-state index in [1.165, 1.54) is 36.9 Å². The molecule has 0 saturated carbocycles. The first kappa shape index (κ1) is 20.2. The number of aromatic nitrogens is 1. The van der Waals surface area contributed by atoms with E-state index in [1.54, 1.807) is 11.3 Å². The molecule has 4 nitrogen and oxygen atoms in total. The molecule has 0 bridgehead atoms. The van der Waals surface area contributed by atoms with Crippen LogP contribution in [0.15, 0.2) is 15.9 Å². The van der Waals surface area contributed by atoms with Crippen LogP contribution in [0.1, 0.15) is 49.6 Å². The van der Waals surface area contributed by atoms with Crippen LogP contribution in [0.2, 0.25) is 0 Å². The first-order valence-corrected chi connectivity index (χ1v) is 11.2. The Hall–Kier alpha value is -1.14. The highest BCUT2D eigenvalue weighted by Crippen LogP contribution is 2.25. The third-order valence-corrected chi connectivity index (χ3v) is 5.85. The van der Waals surface area contributed by atoms with Gasteiger partial charge in [-0.15, -0.1) is 11.3 Å². The summed E-state index contributed by atoms with van der Waals surface area (Å²) in [4.78, 5) is 6.68. The van der Waals surface area contributed by atoms with Crippen LogP contribution in [0.4, 0.5) is 11.0 Å². The molecule has 25 heavy (non-hydrogen) atoms. The standard InChI is InChI=1S/C19H31N3OS2/c1-5-6-7-8-9-16-13-25-19(21-16)20-10-11-24-14-17-15(2)12-18(23-17)22(3)4/h12-13H,5-11,14H2,1-4H3,(H,20,21). The predicted molar refractivity (Wildman–Crippen MR) is 112 cm³/mol. The second-order valence-corrected chi connectivity index (χ2v) is 8.48. The molecule has 0 spiro atoms. The van der Waals surface area contributed by atoms with Crippen molar-refractivity contribution in [2.45, 2.75) is 51.7 Å². The van der Waals surface area contributed by atoms with E-state index in [4.69, 9.17) is 4.42 Å². The largest absolute Gasteiger partial charge is 0.444 e. The highest BCUT2D eigenvalue weighted by molar-refractivity contribution is 7.98. The number of nitrogens with zero attached hydrogens (tertiary/aromatic N) is 2. The first-order valence-electron chi connectivity index (χ1n) is 9.12. The van der Waals surface area contributed by atoms with Gasteiger partial charge in [0.15, 0.2) is 11.0 Å². The summed E-state index contributed by atoms with van der Waals surface area (Å²) in [5, 5.41) is 6.68. The Labute approximate surface area is 160 Å². The van der Waals surface area contributed by atoms with Crippen molar-refractivity contribution in [2.75, 3.05) is 36.6 Å². The Morgan fingerprint density at radius 2 is 2.12 bits per heavy atom. The van der Waals surface area contributed by atoms with Crippen LogP contribution in [0.3, 0.4) is 0 Å². The Kier molecular flexibility index (Phi) is 8.68. The SMILES string of the molecule is CCCCCCc1csc(NCCSCc2oc(N(C)C)cc2C)n1. The molecule has 0 unspecified atom stereocenters. The van der Waals surface area contributed by atoms with E-state index in [0.29, 0.717) is 0 Å². The quantitative estimate of drug-likeness (QED) is 0.486. The van der Waals surface area contributed by atoms with Crippen LogP contribution in [-0.4, -0.2) is 31.4 Å². The lowest BCUT2D eigenvalue weighted by Crippen LogP contribution is -2.06. The van der Waals surface area contributed by atoms with Gasteiger partial charge in [-0.1, -0.05) is 26.2 Å². The zero-order chi connectivity index (χ0) is 18.1. The summed E-state index contributed by atoms with van der Waals surface area (Å²) in [5.41, 5.74) is 2.47. The first-order chi connectivity index (χ1) is 12.1. The lowest BCUT2D eigenvalue weighted by atomic mass is 10.1. The predicted octanol–water partition coefficient (Wildman–Crippen LogP) is 5.58. The lowest BCUT2D eigenvalue weighted by molar-refractivity contribution is 0.528. The van der Waals surface area contributed by atoms with Gasteiger partial charge in [0.1, 0.15) is 5.76 Å². The molecule has 140 valence electrons. The van der Waals surface area contributed by atoms with Crippen LogP contribution in [0.25, 0.3) is 0 Å². The number of hydrogen-bond acceptors (Lipinski definition) is 6. The van der Waals surface area contributed by atoms with E-state index >= 15 is 0 Å². The number of nitrogens with one attached hydrogen (secondary N) is 1. The Morgan fingerprint density at radius 3 is 2.84 bits per heavy atom. The molecule has 0 aromatic carbocycles. The second kappa shape index (κ2) is 10.8. The summed E-state index contributed by atoms with van der Waals surface area (Å²) in [6.07, 6.45) is 6.30. The van der Waals surface area contributed by atoms with Crippen molar-refractivity contribution in [3.63, 3.8) is 0 Å². The molecular formula is C19H31N3OS2. The average molecular weight is 382 g/mol. The summed E-state index contributed by atoms with van der Waals surface area (Å²) >= 11 is 3.61. The molecule has 0 fully saturated rings. The monoisotopic (exact) mass is 381 g/mol. The second-order valence-electron chi connectivity index (χ2n) is 6.52. The van der Waals surface area contributed by atoms with Crippen molar-refractivity contribution in [1.82, 2.24) is 4.98 Å². The maximum absolute atomic E-state index is 5.87. The normalized spacial score (nSPS) is 11.0. The minimum absolute atomic E-state index is 0.919. The fourth-order valence-corrected chi connectivity index (χ4v) is 4.13. The van der Waals surface area contributed by atoms with E-state index in [0.717, 1.165) is 41.2 Å². The third-order valence-electron chi connectivity index (χ3n) is 4.04. The average Bonchev–Trinajstić information content (AvgIpc) is 3.18. The van der Waals surface area contributed by atoms with Crippen LogP contribution in [0.5, 0.6) is 0 Å². The lowest BCUT2D eigenvalue weighted by Gasteiger charge is -2.06. The maximum atomic E-state index is 5.87. The summed E-state index contributed by atoms with van der Waals surface area (Å²) < 4.78 is 5.87. The number of unbranched alkanes of at least 4 members (excludes halogenated alkanes) is 3. The Balaban J connectivity index is 1.62. The van der Waals surface area contributed by atoms with E-state index in [-0.39, 0.29) is 0 Å². The van der Waals surface area contributed by atoms with Crippen LogP contribution in [-0.2, 0) is 12.2 Å². The van der Waals surface area contributed by atoms with Gasteiger partial charge in [-0.25, -0.2) is 4.98 Å². The van der Waals surface area contributed by atoms with E-state index in [9.17, 15) is 0 Å². The zero-order valence-electron chi connectivity index (χ0n) is 15.9. The summed E-state index contributed by atoms with van der Waals surface area (Å²) in [5.74, 6) is 3.97. The summed E-state index contributed by atoms with van der Waals surface area (Å²) in [6, 6.07) is 2.10. The van der Waals surface area contributed by atoms with Gasteiger partial charge < -0.3 is 14.6 Å². The minimum Gasteiger partial charge on any atom is -0.444 e. The molecule has 2 rings (SSSR count).